The van der Waals surface area contributed by atoms with Crippen molar-refractivity contribution < 1.29 is 18.7 Å². The lowest BCUT2D eigenvalue weighted by atomic mass is 10.1. The smallest absolute Gasteiger partial charge is 0.270 e. The lowest BCUT2D eigenvalue weighted by molar-refractivity contribution is 0.0898. The van der Waals surface area contributed by atoms with Crippen LogP contribution in [0, 0.1) is 5.82 Å². The van der Waals surface area contributed by atoms with Gasteiger partial charge in [0.1, 0.15) is 11.5 Å². The van der Waals surface area contributed by atoms with Crippen LogP contribution in [0.25, 0.3) is 16.8 Å². The number of rotatable bonds is 9. The molecule has 0 fully saturated rings. The normalized spacial score (nSPS) is 12.9. The molecular formula is C25H27FN6O3S. The Balaban J connectivity index is 1.61. The van der Waals surface area contributed by atoms with Gasteiger partial charge in [0.25, 0.3) is 11.8 Å². The summed E-state index contributed by atoms with van der Waals surface area (Å²) < 4.78 is 20.0. The highest BCUT2D eigenvalue weighted by atomic mass is 32.1. The minimum atomic E-state index is -0.445. The Morgan fingerprint density at radius 2 is 1.89 bits per heavy atom. The average molecular weight is 511 g/mol. The van der Waals surface area contributed by atoms with E-state index in [9.17, 15) is 14.0 Å². The lowest BCUT2D eigenvalue weighted by Crippen LogP contribution is -2.33. The van der Waals surface area contributed by atoms with Gasteiger partial charge in [0, 0.05) is 13.2 Å². The zero-order valence-corrected chi connectivity index (χ0v) is 20.9. The quantitative estimate of drug-likeness (QED) is 0.315. The van der Waals surface area contributed by atoms with Gasteiger partial charge in [0.2, 0.25) is 5.95 Å². The molecule has 2 amide bonds. The molecule has 4 rings (SSSR count). The fourth-order valence-corrected chi connectivity index (χ4v) is 4.47. The van der Waals surface area contributed by atoms with Gasteiger partial charge in [-0.1, -0.05) is 19.1 Å². The van der Waals surface area contributed by atoms with E-state index < -0.39 is 6.04 Å². The molecule has 0 saturated heterocycles. The van der Waals surface area contributed by atoms with Crippen LogP contribution in [0.3, 0.4) is 0 Å². The SMILES string of the molecule is CC[C@H](C)NC(=O)c1cc(-c2csc(C(=O)N[C@@H](COC)c3ccc(F)cc3)c2)cc2nc(N)nn12. The number of halogens is 1. The first-order valence-corrected chi connectivity index (χ1v) is 12.3. The largest absolute Gasteiger partial charge is 0.382 e. The molecule has 0 aliphatic heterocycles. The van der Waals surface area contributed by atoms with Crippen LogP contribution in [-0.2, 0) is 4.74 Å². The predicted octanol–water partition coefficient (Wildman–Crippen LogP) is 3.82. The van der Waals surface area contributed by atoms with Gasteiger partial charge in [0.05, 0.1) is 17.5 Å². The molecule has 4 aromatic rings. The number of amides is 2. The van der Waals surface area contributed by atoms with Crippen LogP contribution in [0.1, 0.15) is 52.0 Å². The molecule has 3 heterocycles. The molecule has 1 aromatic carbocycles. The fourth-order valence-electron chi connectivity index (χ4n) is 3.65. The van der Waals surface area contributed by atoms with Crippen molar-refractivity contribution in [2.45, 2.75) is 32.4 Å². The summed E-state index contributed by atoms with van der Waals surface area (Å²) in [6.07, 6.45) is 0.777. The standard InChI is InChI=1S/C25H27FN6O3S/c1-4-14(2)28-23(33)20-9-16(11-22-30-25(27)31-32(20)22)17-10-21(36-13-17)24(34)29-19(12-35-3)15-5-7-18(26)8-6-15/h5-11,13-14,19H,4,12H2,1-3H3,(H2,27,31)(H,28,33)(H,29,34)/t14-,19-/m0/s1. The number of hydrogen-bond acceptors (Lipinski definition) is 7. The van der Waals surface area contributed by atoms with Gasteiger partial charge in [-0.2, -0.15) is 4.98 Å². The average Bonchev–Trinajstić information content (AvgIpc) is 3.49. The number of ether oxygens (including phenoxy) is 1. The molecule has 0 radical (unpaired) electrons. The molecule has 4 N–H and O–H groups in total. The number of methoxy groups -OCH3 is 1. The van der Waals surface area contributed by atoms with Crippen molar-refractivity contribution >= 4 is 34.7 Å². The molecule has 11 heteroatoms. The first kappa shape index (κ1) is 25.3. The van der Waals surface area contributed by atoms with E-state index in [0.29, 0.717) is 21.8 Å². The van der Waals surface area contributed by atoms with Crippen molar-refractivity contribution in [3.63, 3.8) is 0 Å². The number of aromatic nitrogens is 3. The third kappa shape index (κ3) is 5.52. The Morgan fingerprint density at radius 3 is 2.58 bits per heavy atom. The van der Waals surface area contributed by atoms with Crippen molar-refractivity contribution in [2.24, 2.45) is 0 Å². The van der Waals surface area contributed by atoms with E-state index in [1.165, 1.54) is 35.1 Å². The van der Waals surface area contributed by atoms with Crippen molar-refractivity contribution in [1.29, 1.82) is 0 Å². The number of carbonyl (C=O) groups is 2. The summed E-state index contributed by atoms with van der Waals surface area (Å²) in [5, 5.41) is 11.9. The van der Waals surface area contributed by atoms with Crippen LogP contribution >= 0.6 is 11.3 Å². The van der Waals surface area contributed by atoms with E-state index >= 15 is 0 Å². The summed E-state index contributed by atoms with van der Waals surface area (Å²) in [7, 11) is 1.54. The molecule has 0 bridgehead atoms. The molecule has 0 spiro atoms. The number of nitrogens with two attached hydrogens (primary N) is 1. The summed E-state index contributed by atoms with van der Waals surface area (Å²) in [5.74, 6) is -0.885. The van der Waals surface area contributed by atoms with Gasteiger partial charge in [0.15, 0.2) is 5.65 Å². The van der Waals surface area contributed by atoms with E-state index in [-0.39, 0.29) is 36.2 Å². The molecule has 36 heavy (non-hydrogen) atoms. The number of nitrogen functional groups attached to an aromatic ring is 1. The van der Waals surface area contributed by atoms with E-state index in [4.69, 9.17) is 10.5 Å². The molecule has 0 unspecified atom stereocenters. The Bertz CT molecular complexity index is 1380. The number of thiophene rings is 1. The molecule has 188 valence electrons. The number of hydrogen-bond donors (Lipinski definition) is 3. The molecule has 0 aliphatic rings. The maximum Gasteiger partial charge on any atom is 0.270 e. The Kier molecular flexibility index (Phi) is 7.61. The van der Waals surface area contributed by atoms with Gasteiger partial charge >= 0.3 is 0 Å². The van der Waals surface area contributed by atoms with Crippen LogP contribution in [0.5, 0.6) is 0 Å². The highest BCUT2D eigenvalue weighted by Crippen LogP contribution is 2.28. The van der Waals surface area contributed by atoms with E-state index in [0.717, 1.165) is 17.5 Å². The van der Waals surface area contributed by atoms with Crippen LogP contribution in [-0.4, -0.2) is 46.2 Å². The summed E-state index contributed by atoms with van der Waals surface area (Å²) in [4.78, 5) is 30.6. The maximum atomic E-state index is 13.3. The number of nitrogens with zero attached hydrogens (tertiary/aromatic N) is 3. The van der Waals surface area contributed by atoms with Gasteiger partial charge in [-0.3, -0.25) is 9.59 Å². The van der Waals surface area contributed by atoms with Gasteiger partial charge in [-0.15, -0.1) is 16.4 Å². The van der Waals surface area contributed by atoms with Gasteiger partial charge in [-0.05, 0) is 65.7 Å². The number of pyridine rings is 1. The second-order valence-electron chi connectivity index (χ2n) is 8.38. The summed E-state index contributed by atoms with van der Waals surface area (Å²) in [6, 6.07) is 10.7. The molecule has 2 atom stereocenters. The van der Waals surface area contributed by atoms with E-state index in [1.54, 1.807) is 30.3 Å². The minimum Gasteiger partial charge on any atom is -0.382 e. The summed E-state index contributed by atoms with van der Waals surface area (Å²) in [5.41, 5.74) is 8.69. The van der Waals surface area contributed by atoms with Crippen LogP contribution in [0.4, 0.5) is 10.3 Å². The van der Waals surface area contributed by atoms with Crippen LogP contribution < -0.4 is 16.4 Å². The van der Waals surface area contributed by atoms with Gasteiger partial charge < -0.3 is 21.1 Å². The summed E-state index contributed by atoms with van der Waals surface area (Å²) >= 11 is 1.27. The van der Waals surface area contributed by atoms with Crippen molar-refractivity contribution in [3.05, 3.63) is 69.8 Å². The predicted molar refractivity (Wildman–Crippen MR) is 136 cm³/mol. The number of carbonyl (C=O) groups excluding carboxylic acids is 2. The molecular weight excluding hydrogens is 483 g/mol. The zero-order chi connectivity index (χ0) is 25.8. The zero-order valence-electron chi connectivity index (χ0n) is 20.1. The Morgan fingerprint density at radius 1 is 1.14 bits per heavy atom. The Hall–Kier alpha value is -3.83. The first-order chi connectivity index (χ1) is 17.3. The molecule has 0 aliphatic carbocycles. The number of anilines is 1. The lowest BCUT2D eigenvalue weighted by Gasteiger charge is -2.18. The van der Waals surface area contributed by atoms with Crippen LogP contribution in [0.2, 0.25) is 0 Å². The maximum absolute atomic E-state index is 13.3. The van der Waals surface area contributed by atoms with E-state index in [2.05, 4.69) is 20.7 Å². The number of nitrogens with one attached hydrogen (secondary N) is 2. The third-order valence-corrected chi connectivity index (χ3v) is 6.67. The molecule has 3 aromatic heterocycles. The second-order valence-corrected chi connectivity index (χ2v) is 9.30. The Labute approximate surface area is 211 Å². The number of fused-ring (bicyclic) bond motifs is 1. The third-order valence-electron chi connectivity index (χ3n) is 5.74. The molecule has 0 saturated carbocycles. The second kappa shape index (κ2) is 10.8. The van der Waals surface area contributed by atoms with E-state index in [1.807, 2.05) is 19.2 Å². The first-order valence-electron chi connectivity index (χ1n) is 11.4. The van der Waals surface area contributed by atoms with Crippen molar-refractivity contribution in [2.75, 3.05) is 19.5 Å². The monoisotopic (exact) mass is 510 g/mol. The highest BCUT2D eigenvalue weighted by molar-refractivity contribution is 7.12. The fraction of sp³-hybridized carbons (Fsp3) is 0.280. The topological polar surface area (TPSA) is 124 Å². The highest BCUT2D eigenvalue weighted by Gasteiger charge is 2.20. The van der Waals surface area contributed by atoms with Crippen LogP contribution in [0.15, 0.2) is 47.8 Å². The number of benzene rings is 1. The molecule has 9 nitrogen and oxygen atoms in total. The van der Waals surface area contributed by atoms with Gasteiger partial charge in [-0.25, -0.2) is 8.91 Å². The van der Waals surface area contributed by atoms with Crippen molar-refractivity contribution in [1.82, 2.24) is 25.2 Å². The summed E-state index contributed by atoms with van der Waals surface area (Å²) in [6.45, 7) is 4.13. The van der Waals surface area contributed by atoms with Crippen molar-refractivity contribution in [3.8, 4) is 11.1 Å². The minimum absolute atomic E-state index is 0.0188.